The van der Waals surface area contributed by atoms with Gasteiger partial charge in [0.05, 0.1) is 11.5 Å². The van der Waals surface area contributed by atoms with Crippen molar-refractivity contribution in [2.24, 2.45) is 33.9 Å². The van der Waals surface area contributed by atoms with E-state index in [1.807, 2.05) is 6.07 Å². The molecule has 2 atom stereocenters. The van der Waals surface area contributed by atoms with Gasteiger partial charge in [-0.05, 0) is 68.3 Å². The Kier molecular flexibility index (Phi) is 3.62. The average Bonchev–Trinajstić information content (AvgIpc) is 3.46. The predicted molar refractivity (Wildman–Crippen MR) is 103 cm³/mol. The molecule has 5 heteroatoms. The highest BCUT2D eigenvalue weighted by atomic mass is 16.1. The number of hydrogen-bond donors (Lipinski definition) is 2. The molecule has 5 aliphatic carbocycles. The van der Waals surface area contributed by atoms with Crippen molar-refractivity contribution in [1.29, 1.82) is 5.26 Å². The minimum absolute atomic E-state index is 0.109. The molecule has 5 fully saturated rings. The van der Waals surface area contributed by atoms with Crippen LogP contribution in [0.5, 0.6) is 0 Å². The lowest BCUT2D eigenvalue weighted by Gasteiger charge is -2.57. The van der Waals surface area contributed by atoms with E-state index >= 15 is 0 Å². The molecule has 0 aliphatic heterocycles. The number of nitrogens with two attached hydrogens (primary N) is 1. The summed E-state index contributed by atoms with van der Waals surface area (Å²) in [6.07, 6.45) is 9.21. The van der Waals surface area contributed by atoms with E-state index in [-0.39, 0.29) is 22.8 Å². The van der Waals surface area contributed by atoms with Crippen LogP contribution in [0.2, 0.25) is 0 Å². The molecule has 5 saturated carbocycles. The third kappa shape index (κ3) is 2.50. The summed E-state index contributed by atoms with van der Waals surface area (Å²) in [7, 11) is 0. The van der Waals surface area contributed by atoms with Gasteiger partial charge in [-0.2, -0.15) is 5.26 Å². The fraction of sp³-hybridized carbons (Fsp3) is 0.591. The zero-order chi connectivity index (χ0) is 18.6. The number of carbonyl (C=O) groups excluding carboxylic acids is 1. The van der Waals surface area contributed by atoms with Crippen molar-refractivity contribution in [2.45, 2.75) is 56.4 Å². The Morgan fingerprint density at radius 2 is 1.81 bits per heavy atom. The standard InChI is InChI=1S/C22H26N4O/c23-13-25-20(22(6-7-22)17-4-2-1-3-5-17)26-18-15-8-14-9-16(18)12-21(10-14,11-15)19(24)27/h1-5,14-16,18H,6-12H2,(H2,24,27)(H,25,26). The van der Waals surface area contributed by atoms with Crippen LogP contribution in [0.25, 0.3) is 0 Å². The SMILES string of the molecule is N#CNC(=NC1C2CC3CC1CC(C(N)=O)(C3)C2)C1(c2ccccc2)CC1. The predicted octanol–water partition coefficient (Wildman–Crippen LogP) is 2.87. The molecule has 1 aromatic rings. The molecular weight excluding hydrogens is 336 g/mol. The molecule has 0 radical (unpaired) electrons. The van der Waals surface area contributed by atoms with Gasteiger partial charge < -0.3 is 5.73 Å². The van der Waals surface area contributed by atoms with Crippen molar-refractivity contribution >= 4 is 11.7 Å². The normalized spacial score (nSPS) is 38.3. The van der Waals surface area contributed by atoms with Crippen LogP contribution in [-0.4, -0.2) is 17.8 Å². The molecule has 2 unspecified atom stereocenters. The van der Waals surface area contributed by atoms with Crippen LogP contribution >= 0.6 is 0 Å². The third-order valence-corrected chi connectivity index (χ3v) is 7.73. The number of rotatable bonds is 4. The van der Waals surface area contributed by atoms with E-state index in [4.69, 9.17) is 10.7 Å². The smallest absolute Gasteiger partial charge is 0.223 e. The molecule has 27 heavy (non-hydrogen) atoms. The molecule has 0 aromatic heterocycles. The van der Waals surface area contributed by atoms with E-state index in [2.05, 4.69) is 35.8 Å². The summed E-state index contributed by atoms with van der Waals surface area (Å²) in [5.74, 6) is 2.19. The maximum Gasteiger partial charge on any atom is 0.223 e. The molecule has 0 heterocycles. The Morgan fingerprint density at radius 3 is 2.37 bits per heavy atom. The van der Waals surface area contributed by atoms with Gasteiger partial charge in [0.2, 0.25) is 5.91 Å². The minimum Gasteiger partial charge on any atom is -0.369 e. The summed E-state index contributed by atoms with van der Waals surface area (Å²) >= 11 is 0. The molecule has 5 aliphatic rings. The number of amides is 1. The van der Waals surface area contributed by atoms with Crippen molar-refractivity contribution in [1.82, 2.24) is 5.32 Å². The van der Waals surface area contributed by atoms with E-state index in [9.17, 15) is 10.1 Å². The maximum absolute atomic E-state index is 12.2. The van der Waals surface area contributed by atoms with Crippen LogP contribution in [0.4, 0.5) is 0 Å². The summed E-state index contributed by atoms with van der Waals surface area (Å²) in [5.41, 5.74) is 6.63. The second kappa shape index (κ2) is 5.82. The Balaban J connectivity index is 1.48. The summed E-state index contributed by atoms with van der Waals surface area (Å²) < 4.78 is 0. The minimum atomic E-state index is -0.290. The Morgan fingerprint density at radius 1 is 1.15 bits per heavy atom. The number of nitriles is 1. The summed E-state index contributed by atoms with van der Waals surface area (Å²) in [6.45, 7) is 0. The van der Waals surface area contributed by atoms with Gasteiger partial charge in [0.25, 0.3) is 0 Å². The number of nitrogens with zero attached hydrogens (tertiary/aromatic N) is 2. The molecule has 3 N–H and O–H groups in total. The lowest BCUT2D eigenvalue weighted by atomic mass is 9.48. The highest BCUT2D eigenvalue weighted by Gasteiger charge is 2.58. The van der Waals surface area contributed by atoms with Gasteiger partial charge in [-0.1, -0.05) is 30.3 Å². The lowest BCUT2D eigenvalue weighted by Crippen LogP contribution is -2.57. The summed E-state index contributed by atoms with van der Waals surface area (Å²) in [6, 6.07) is 10.6. The van der Waals surface area contributed by atoms with Gasteiger partial charge in [-0.3, -0.25) is 15.1 Å². The van der Waals surface area contributed by atoms with Gasteiger partial charge in [0, 0.05) is 5.41 Å². The van der Waals surface area contributed by atoms with Crippen LogP contribution in [-0.2, 0) is 10.2 Å². The number of primary amides is 1. The van der Waals surface area contributed by atoms with Gasteiger partial charge in [0.15, 0.2) is 6.19 Å². The van der Waals surface area contributed by atoms with Crippen LogP contribution in [0, 0.1) is 34.6 Å². The molecule has 0 saturated heterocycles. The van der Waals surface area contributed by atoms with Crippen molar-refractivity contribution in [3.05, 3.63) is 35.9 Å². The van der Waals surface area contributed by atoms with Gasteiger partial charge >= 0.3 is 0 Å². The fourth-order valence-electron chi connectivity index (χ4n) is 6.53. The first-order valence-corrected chi connectivity index (χ1v) is 10.2. The van der Waals surface area contributed by atoms with Crippen molar-refractivity contribution in [3.8, 4) is 6.19 Å². The molecular formula is C22H26N4O. The molecule has 140 valence electrons. The zero-order valence-corrected chi connectivity index (χ0v) is 15.5. The Labute approximate surface area is 160 Å². The zero-order valence-electron chi connectivity index (χ0n) is 15.5. The number of benzene rings is 1. The second-order valence-corrected chi connectivity index (χ2v) is 9.27. The highest BCUT2D eigenvalue weighted by molar-refractivity contribution is 5.97. The fourth-order valence-corrected chi connectivity index (χ4v) is 6.53. The summed E-state index contributed by atoms with van der Waals surface area (Å²) in [5, 5.41) is 12.3. The topological polar surface area (TPSA) is 91.3 Å². The van der Waals surface area contributed by atoms with E-state index in [0.717, 1.165) is 50.8 Å². The highest BCUT2D eigenvalue weighted by Crippen LogP contribution is 2.61. The van der Waals surface area contributed by atoms with E-state index < -0.39 is 0 Å². The molecule has 5 nitrogen and oxygen atoms in total. The van der Waals surface area contributed by atoms with Crippen LogP contribution in [0.1, 0.15) is 50.5 Å². The molecule has 1 amide bonds. The number of amidine groups is 1. The maximum atomic E-state index is 12.2. The van der Waals surface area contributed by atoms with E-state index in [1.54, 1.807) is 0 Å². The average molecular weight is 362 g/mol. The van der Waals surface area contributed by atoms with Crippen LogP contribution in [0.3, 0.4) is 0 Å². The van der Waals surface area contributed by atoms with Crippen LogP contribution < -0.4 is 11.1 Å². The lowest BCUT2D eigenvalue weighted by molar-refractivity contribution is -0.144. The first-order valence-electron chi connectivity index (χ1n) is 10.2. The van der Waals surface area contributed by atoms with Crippen molar-refractivity contribution in [2.75, 3.05) is 0 Å². The van der Waals surface area contributed by atoms with E-state index in [1.165, 1.54) is 5.56 Å². The second-order valence-electron chi connectivity index (χ2n) is 9.27. The number of aliphatic imine (C=N–C) groups is 1. The van der Waals surface area contributed by atoms with Gasteiger partial charge in [-0.15, -0.1) is 0 Å². The number of hydrogen-bond acceptors (Lipinski definition) is 3. The van der Waals surface area contributed by atoms with Crippen molar-refractivity contribution in [3.63, 3.8) is 0 Å². The molecule has 4 bridgehead atoms. The van der Waals surface area contributed by atoms with E-state index in [0.29, 0.717) is 17.8 Å². The first kappa shape index (κ1) is 16.8. The monoisotopic (exact) mass is 362 g/mol. The quantitative estimate of drug-likeness (QED) is 0.373. The van der Waals surface area contributed by atoms with Crippen LogP contribution in [0.15, 0.2) is 35.3 Å². The summed E-state index contributed by atoms with van der Waals surface area (Å²) in [4.78, 5) is 17.4. The number of carbonyl (C=O) groups is 1. The van der Waals surface area contributed by atoms with Gasteiger partial charge in [-0.25, -0.2) is 0 Å². The molecule has 6 rings (SSSR count). The number of nitrogens with one attached hydrogen (secondary N) is 1. The Bertz CT molecular complexity index is 820. The first-order chi connectivity index (χ1) is 13.1. The molecule has 1 aromatic carbocycles. The van der Waals surface area contributed by atoms with Gasteiger partial charge in [0.1, 0.15) is 5.84 Å². The third-order valence-electron chi connectivity index (χ3n) is 7.73. The van der Waals surface area contributed by atoms with Crippen molar-refractivity contribution < 1.29 is 4.79 Å². The Hall–Kier alpha value is -2.35. The largest absolute Gasteiger partial charge is 0.369 e. The molecule has 0 spiro atoms.